The van der Waals surface area contributed by atoms with Crippen LogP contribution in [-0.4, -0.2) is 12.0 Å². The van der Waals surface area contributed by atoms with E-state index in [4.69, 9.17) is 5.73 Å². The first-order chi connectivity index (χ1) is 13.1. The predicted molar refractivity (Wildman–Crippen MR) is 116 cm³/mol. The van der Waals surface area contributed by atoms with E-state index in [2.05, 4.69) is 59.4 Å². The number of benzene rings is 2. The van der Waals surface area contributed by atoms with Crippen LogP contribution in [0.25, 0.3) is 16.7 Å². The molecule has 3 heteroatoms. The topological polar surface area (TPSA) is 50.4 Å². The molecule has 1 atom stereocenters. The van der Waals surface area contributed by atoms with Crippen LogP contribution in [0, 0.1) is 0 Å². The second kappa shape index (κ2) is 8.47. The second-order valence-corrected chi connectivity index (χ2v) is 6.58. The largest absolute Gasteiger partial charge is 0.351 e. The molecule has 27 heavy (non-hydrogen) atoms. The molecule has 0 aliphatic carbocycles. The number of rotatable bonds is 5. The Morgan fingerprint density at radius 1 is 1.07 bits per heavy atom. The molecule has 0 fully saturated rings. The predicted octanol–water partition coefficient (Wildman–Crippen LogP) is 5.04. The minimum atomic E-state index is -0.231. The molecule has 0 saturated carbocycles. The van der Waals surface area contributed by atoms with Gasteiger partial charge in [-0.2, -0.15) is 0 Å². The Balaban J connectivity index is 2.13. The second-order valence-electron chi connectivity index (χ2n) is 6.58. The maximum Gasteiger partial charge on any atom is 0.134 e. The first-order valence-electron chi connectivity index (χ1n) is 9.04. The van der Waals surface area contributed by atoms with Gasteiger partial charge in [0, 0.05) is 11.8 Å². The van der Waals surface area contributed by atoms with Crippen LogP contribution in [0.2, 0.25) is 0 Å². The molecule has 1 heterocycles. The van der Waals surface area contributed by atoms with Gasteiger partial charge in [0.25, 0.3) is 0 Å². The molecule has 2 aromatic rings. The molecular weight excluding hydrogens is 330 g/mol. The minimum Gasteiger partial charge on any atom is -0.351 e. The van der Waals surface area contributed by atoms with Crippen molar-refractivity contribution in [3.05, 3.63) is 102 Å². The molecule has 0 bridgehead atoms. The van der Waals surface area contributed by atoms with Gasteiger partial charge in [-0.25, -0.2) is 4.99 Å². The summed E-state index contributed by atoms with van der Waals surface area (Å²) in [5.74, 6) is 0.781. The summed E-state index contributed by atoms with van der Waals surface area (Å²) in [5.41, 5.74) is 12.6. The van der Waals surface area contributed by atoms with E-state index in [0.29, 0.717) is 0 Å². The van der Waals surface area contributed by atoms with Crippen LogP contribution in [0.5, 0.6) is 0 Å². The van der Waals surface area contributed by atoms with Crippen molar-refractivity contribution >= 4 is 11.4 Å². The fourth-order valence-electron chi connectivity index (χ4n) is 2.93. The summed E-state index contributed by atoms with van der Waals surface area (Å²) >= 11 is 0. The fourth-order valence-corrected chi connectivity index (χ4v) is 2.93. The van der Waals surface area contributed by atoms with Crippen LogP contribution in [0.3, 0.4) is 0 Å². The summed E-state index contributed by atoms with van der Waals surface area (Å²) in [7, 11) is 0. The number of amidine groups is 1. The first kappa shape index (κ1) is 18.6. The minimum absolute atomic E-state index is 0.231. The van der Waals surface area contributed by atoms with Gasteiger partial charge in [0.2, 0.25) is 0 Å². The molecule has 0 amide bonds. The van der Waals surface area contributed by atoms with Gasteiger partial charge >= 0.3 is 0 Å². The van der Waals surface area contributed by atoms with Gasteiger partial charge in [0.05, 0.1) is 6.17 Å². The van der Waals surface area contributed by atoms with Gasteiger partial charge in [-0.05, 0) is 60.4 Å². The summed E-state index contributed by atoms with van der Waals surface area (Å²) < 4.78 is 0. The number of allylic oxidation sites excluding steroid dienone is 5. The van der Waals surface area contributed by atoms with Gasteiger partial charge < -0.3 is 11.1 Å². The summed E-state index contributed by atoms with van der Waals surface area (Å²) in [6.07, 6.45) is 9.58. The van der Waals surface area contributed by atoms with Crippen molar-refractivity contribution in [3.63, 3.8) is 0 Å². The lowest BCUT2D eigenvalue weighted by molar-refractivity contribution is 0.755. The average Bonchev–Trinajstić information content (AvgIpc) is 2.69. The van der Waals surface area contributed by atoms with Crippen LogP contribution >= 0.6 is 0 Å². The average molecular weight is 355 g/mol. The maximum atomic E-state index is 6.01. The van der Waals surface area contributed by atoms with Crippen LogP contribution in [-0.2, 0) is 0 Å². The summed E-state index contributed by atoms with van der Waals surface area (Å²) in [6.45, 7) is 7.99. The van der Waals surface area contributed by atoms with Crippen LogP contribution in [0.15, 0.2) is 96.2 Å². The van der Waals surface area contributed by atoms with E-state index in [1.54, 1.807) is 6.20 Å². The SMILES string of the molecule is C=C(C)/C=C\C(=C/C)c1cc(C2=NC=C[C@H](N)N2)cc(-c2ccccc2)c1. The lowest BCUT2D eigenvalue weighted by Gasteiger charge is -2.19. The van der Waals surface area contributed by atoms with E-state index < -0.39 is 0 Å². The number of nitrogens with two attached hydrogens (primary N) is 1. The molecule has 1 aliphatic rings. The fraction of sp³-hybridized carbons (Fsp3) is 0.125. The Kier molecular flexibility index (Phi) is 5.84. The van der Waals surface area contributed by atoms with Crippen molar-refractivity contribution in [2.45, 2.75) is 20.0 Å². The Bertz CT molecular complexity index is 947. The smallest absolute Gasteiger partial charge is 0.134 e. The monoisotopic (exact) mass is 355 g/mol. The number of hydrogen-bond donors (Lipinski definition) is 2. The van der Waals surface area contributed by atoms with Crippen LogP contribution in [0.4, 0.5) is 0 Å². The molecule has 136 valence electrons. The normalized spacial score (nSPS) is 16.9. The summed E-state index contributed by atoms with van der Waals surface area (Å²) in [4.78, 5) is 4.48. The van der Waals surface area contributed by atoms with E-state index in [1.165, 1.54) is 0 Å². The lowest BCUT2D eigenvalue weighted by atomic mass is 9.95. The highest BCUT2D eigenvalue weighted by atomic mass is 15.1. The number of aliphatic imine (C=N–C) groups is 1. The molecule has 2 aromatic carbocycles. The molecule has 0 saturated heterocycles. The highest BCUT2D eigenvalue weighted by Gasteiger charge is 2.13. The van der Waals surface area contributed by atoms with Crippen LogP contribution in [0.1, 0.15) is 25.0 Å². The maximum absolute atomic E-state index is 6.01. The number of nitrogens with one attached hydrogen (secondary N) is 1. The van der Waals surface area contributed by atoms with E-state index in [1.807, 2.05) is 44.2 Å². The van der Waals surface area contributed by atoms with Gasteiger partial charge in [-0.15, -0.1) is 0 Å². The quantitative estimate of drug-likeness (QED) is 0.739. The zero-order valence-electron chi connectivity index (χ0n) is 15.8. The van der Waals surface area contributed by atoms with E-state index in [0.717, 1.165) is 39.2 Å². The molecule has 0 spiro atoms. The van der Waals surface area contributed by atoms with Crippen molar-refractivity contribution in [3.8, 4) is 11.1 Å². The van der Waals surface area contributed by atoms with Gasteiger partial charge in [-0.1, -0.05) is 60.7 Å². The molecule has 3 nitrogen and oxygen atoms in total. The van der Waals surface area contributed by atoms with E-state index >= 15 is 0 Å². The van der Waals surface area contributed by atoms with Gasteiger partial charge in [-0.3, -0.25) is 0 Å². The Morgan fingerprint density at radius 2 is 1.81 bits per heavy atom. The van der Waals surface area contributed by atoms with Gasteiger partial charge in [0.15, 0.2) is 0 Å². The third kappa shape index (κ3) is 4.72. The zero-order valence-corrected chi connectivity index (χ0v) is 15.8. The van der Waals surface area contributed by atoms with Crippen molar-refractivity contribution in [2.24, 2.45) is 10.7 Å². The Hall–Kier alpha value is -3.17. The molecule has 3 N–H and O–H groups in total. The first-order valence-corrected chi connectivity index (χ1v) is 9.04. The standard InChI is InChI=1S/C24H25N3/c1-4-18(11-10-17(2)3)20-14-21(19-8-6-5-7-9-19)16-22(15-20)24-26-13-12-23(25)27-24/h4-16,23H,2,25H2,1,3H3,(H,26,27)/b11-10-,18-4+/t23-/m1/s1. The zero-order chi connectivity index (χ0) is 19.2. The third-order valence-corrected chi connectivity index (χ3v) is 4.31. The summed E-state index contributed by atoms with van der Waals surface area (Å²) in [5, 5.41) is 3.24. The number of nitrogens with zero attached hydrogens (tertiary/aromatic N) is 1. The van der Waals surface area contributed by atoms with Crippen molar-refractivity contribution in [1.29, 1.82) is 0 Å². The lowest BCUT2D eigenvalue weighted by Crippen LogP contribution is -2.41. The third-order valence-electron chi connectivity index (χ3n) is 4.31. The molecule has 0 radical (unpaired) electrons. The molecular formula is C24H25N3. The van der Waals surface area contributed by atoms with Crippen molar-refractivity contribution in [2.75, 3.05) is 0 Å². The molecule has 0 aromatic heterocycles. The molecule has 0 unspecified atom stereocenters. The number of hydrogen-bond acceptors (Lipinski definition) is 3. The van der Waals surface area contributed by atoms with Crippen LogP contribution < -0.4 is 11.1 Å². The Labute approximate surface area is 161 Å². The Morgan fingerprint density at radius 3 is 2.48 bits per heavy atom. The highest BCUT2D eigenvalue weighted by molar-refractivity contribution is 6.02. The van der Waals surface area contributed by atoms with Crippen molar-refractivity contribution < 1.29 is 0 Å². The van der Waals surface area contributed by atoms with Crippen molar-refractivity contribution in [1.82, 2.24) is 5.32 Å². The molecule has 1 aliphatic heterocycles. The summed E-state index contributed by atoms with van der Waals surface area (Å²) in [6, 6.07) is 16.8. The highest BCUT2D eigenvalue weighted by Crippen LogP contribution is 2.27. The van der Waals surface area contributed by atoms with E-state index in [9.17, 15) is 0 Å². The molecule has 3 rings (SSSR count). The van der Waals surface area contributed by atoms with E-state index in [-0.39, 0.29) is 6.17 Å². The van der Waals surface area contributed by atoms with Gasteiger partial charge in [0.1, 0.15) is 5.84 Å².